The van der Waals surface area contributed by atoms with E-state index in [-0.39, 0.29) is 5.69 Å². The van der Waals surface area contributed by atoms with Gasteiger partial charge >= 0.3 is 0 Å². The van der Waals surface area contributed by atoms with Crippen LogP contribution in [0.1, 0.15) is 11.1 Å². The van der Waals surface area contributed by atoms with E-state index in [2.05, 4.69) is 21.2 Å². The largest absolute Gasteiger partial charge is 0.489 e. The first-order chi connectivity index (χ1) is 10.1. The van der Waals surface area contributed by atoms with Crippen LogP contribution in [0.15, 0.2) is 46.9 Å². The molecule has 0 spiro atoms. The van der Waals surface area contributed by atoms with E-state index >= 15 is 0 Å². The number of hydrogen-bond donors (Lipinski definition) is 1. The second-order valence-electron chi connectivity index (χ2n) is 4.49. The van der Waals surface area contributed by atoms with Gasteiger partial charge in [0.15, 0.2) is 0 Å². The Labute approximate surface area is 131 Å². The van der Waals surface area contributed by atoms with E-state index in [1.165, 1.54) is 12.1 Å². The lowest BCUT2D eigenvalue weighted by Crippen LogP contribution is -2.07. The van der Waals surface area contributed by atoms with Crippen LogP contribution in [-0.2, 0) is 13.2 Å². The summed E-state index contributed by atoms with van der Waals surface area (Å²) in [7, 11) is 1.88. The van der Waals surface area contributed by atoms with Gasteiger partial charge in [-0.15, -0.1) is 0 Å². The summed E-state index contributed by atoms with van der Waals surface area (Å²) in [5.74, 6) is 0.797. The lowest BCUT2D eigenvalue weighted by atomic mass is 10.2. The van der Waals surface area contributed by atoms with Gasteiger partial charge in [0.1, 0.15) is 12.4 Å². The molecule has 0 aliphatic rings. The Hall–Kier alpha value is -1.92. The van der Waals surface area contributed by atoms with E-state index in [0.29, 0.717) is 13.2 Å². The van der Waals surface area contributed by atoms with Crippen molar-refractivity contribution in [2.24, 2.45) is 0 Å². The molecule has 0 aromatic heterocycles. The average molecular weight is 351 g/mol. The van der Waals surface area contributed by atoms with Gasteiger partial charge in [-0.05, 0) is 42.9 Å². The molecule has 0 heterocycles. The van der Waals surface area contributed by atoms with Gasteiger partial charge in [-0.2, -0.15) is 0 Å². The minimum absolute atomic E-state index is 0.0817. The molecule has 0 atom stereocenters. The lowest BCUT2D eigenvalue weighted by Gasteiger charge is -2.12. The SMILES string of the molecule is CNCc1cc(Br)ccc1OCc1ccc([N+](=O)[O-])cc1. The zero-order chi connectivity index (χ0) is 15.2. The lowest BCUT2D eigenvalue weighted by molar-refractivity contribution is -0.384. The van der Waals surface area contributed by atoms with Gasteiger partial charge in [0.25, 0.3) is 5.69 Å². The summed E-state index contributed by atoms with van der Waals surface area (Å²) in [6.45, 7) is 1.07. The van der Waals surface area contributed by atoms with Gasteiger partial charge in [-0.3, -0.25) is 10.1 Å². The standard InChI is InChI=1S/C15H15BrN2O3/c1-17-9-12-8-13(16)4-7-15(12)21-10-11-2-5-14(6-3-11)18(19)20/h2-8,17H,9-10H2,1H3. The van der Waals surface area contributed by atoms with Gasteiger partial charge < -0.3 is 10.1 Å². The molecule has 0 unspecified atom stereocenters. The van der Waals surface area contributed by atoms with Crippen LogP contribution in [0.5, 0.6) is 5.75 Å². The molecule has 0 fully saturated rings. The molecule has 0 aliphatic heterocycles. The summed E-state index contributed by atoms with van der Waals surface area (Å²) in [6.07, 6.45) is 0. The van der Waals surface area contributed by atoms with E-state index in [4.69, 9.17) is 4.74 Å². The minimum Gasteiger partial charge on any atom is -0.489 e. The maximum absolute atomic E-state index is 10.6. The summed E-state index contributed by atoms with van der Waals surface area (Å²) in [5, 5.41) is 13.7. The molecule has 2 aromatic carbocycles. The third-order valence-corrected chi connectivity index (χ3v) is 3.42. The molecule has 21 heavy (non-hydrogen) atoms. The monoisotopic (exact) mass is 350 g/mol. The molecule has 5 nitrogen and oxygen atoms in total. The van der Waals surface area contributed by atoms with Crippen LogP contribution >= 0.6 is 15.9 Å². The average Bonchev–Trinajstić information content (AvgIpc) is 2.47. The Bertz CT molecular complexity index is 629. The number of nitrogens with one attached hydrogen (secondary N) is 1. The van der Waals surface area contributed by atoms with Gasteiger partial charge in [0.2, 0.25) is 0 Å². The number of hydrogen-bond acceptors (Lipinski definition) is 4. The summed E-state index contributed by atoms with van der Waals surface area (Å²) in [6, 6.07) is 12.2. The van der Waals surface area contributed by atoms with E-state index in [1.54, 1.807) is 12.1 Å². The third kappa shape index (κ3) is 4.27. The van der Waals surface area contributed by atoms with Crippen LogP contribution in [0, 0.1) is 10.1 Å². The molecule has 2 aromatic rings. The van der Waals surface area contributed by atoms with Crippen molar-refractivity contribution < 1.29 is 9.66 Å². The first kappa shape index (κ1) is 15.5. The number of nitro groups is 1. The molecule has 110 valence electrons. The molecule has 0 radical (unpaired) electrons. The topological polar surface area (TPSA) is 64.4 Å². The predicted molar refractivity (Wildman–Crippen MR) is 84.3 cm³/mol. The number of rotatable bonds is 6. The minimum atomic E-state index is -0.412. The molecule has 0 saturated heterocycles. The van der Waals surface area contributed by atoms with E-state index in [9.17, 15) is 10.1 Å². The fraction of sp³-hybridized carbons (Fsp3) is 0.200. The predicted octanol–water partition coefficient (Wildman–Crippen LogP) is 3.66. The van der Waals surface area contributed by atoms with Gasteiger partial charge in [0.05, 0.1) is 4.92 Å². The molecule has 2 rings (SSSR count). The molecule has 0 amide bonds. The Balaban J connectivity index is 2.07. The molecule has 0 bridgehead atoms. The zero-order valence-corrected chi connectivity index (χ0v) is 13.1. The number of nitro benzene ring substituents is 1. The molecule has 1 N–H and O–H groups in total. The van der Waals surface area contributed by atoms with Crippen molar-refractivity contribution in [1.82, 2.24) is 5.32 Å². The summed E-state index contributed by atoms with van der Waals surface area (Å²) in [4.78, 5) is 10.2. The highest BCUT2D eigenvalue weighted by Crippen LogP contribution is 2.24. The van der Waals surface area contributed by atoms with Crippen molar-refractivity contribution in [3.05, 3.63) is 68.2 Å². The van der Waals surface area contributed by atoms with Crippen molar-refractivity contribution in [2.45, 2.75) is 13.2 Å². The normalized spacial score (nSPS) is 10.4. The maximum Gasteiger partial charge on any atom is 0.269 e. The number of non-ortho nitro benzene ring substituents is 1. The smallest absolute Gasteiger partial charge is 0.269 e. The molecule has 6 heteroatoms. The van der Waals surface area contributed by atoms with Gasteiger partial charge in [-0.25, -0.2) is 0 Å². The second-order valence-corrected chi connectivity index (χ2v) is 5.41. The first-order valence-electron chi connectivity index (χ1n) is 6.39. The summed E-state index contributed by atoms with van der Waals surface area (Å²) in [5.41, 5.74) is 2.02. The number of nitrogens with zero attached hydrogens (tertiary/aromatic N) is 1. The molecular formula is C15H15BrN2O3. The van der Waals surface area contributed by atoms with Crippen LogP contribution < -0.4 is 10.1 Å². The first-order valence-corrected chi connectivity index (χ1v) is 7.18. The van der Waals surface area contributed by atoms with Gasteiger partial charge in [0, 0.05) is 28.7 Å². The Morgan fingerprint density at radius 2 is 1.95 bits per heavy atom. The van der Waals surface area contributed by atoms with Crippen LogP contribution in [0.2, 0.25) is 0 Å². The summed E-state index contributed by atoms with van der Waals surface area (Å²) < 4.78 is 6.80. The molecule has 0 saturated carbocycles. The molecular weight excluding hydrogens is 336 g/mol. The maximum atomic E-state index is 10.6. The van der Waals surface area contributed by atoms with Crippen molar-refractivity contribution in [2.75, 3.05) is 7.05 Å². The Kier molecular flexibility index (Phi) is 5.30. The van der Waals surface area contributed by atoms with E-state index < -0.39 is 4.92 Å². The van der Waals surface area contributed by atoms with Crippen LogP contribution in [0.3, 0.4) is 0 Å². The zero-order valence-electron chi connectivity index (χ0n) is 11.5. The van der Waals surface area contributed by atoms with E-state index in [1.807, 2.05) is 25.2 Å². The number of ether oxygens (including phenoxy) is 1. The molecule has 0 aliphatic carbocycles. The van der Waals surface area contributed by atoms with Crippen molar-refractivity contribution in [3.63, 3.8) is 0 Å². The Morgan fingerprint density at radius 3 is 2.57 bits per heavy atom. The van der Waals surface area contributed by atoms with Crippen molar-refractivity contribution >= 4 is 21.6 Å². The highest BCUT2D eigenvalue weighted by Gasteiger charge is 2.07. The summed E-state index contributed by atoms with van der Waals surface area (Å²) >= 11 is 3.44. The Morgan fingerprint density at radius 1 is 1.24 bits per heavy atom. The number of benzene rings is 2. The van der Waals surface area contributed by atoms with E-state index in [0.717, 1.165) is 21.3 Å². The van der Waals surface area contributed by atoms with Crippen molar-refractivity contribution in [3.8, 4) is 5.75 Å². The van der Waals surface area contributed by atoms with Gasteiger partial charge in [-0.1, -0.05) is 15.9 Å². The third-order valence-electron chi connectivity index (χ3n) is 2.93. The van der Waals surface area contributed by atoms with Crippen LogP contribution in [0.4, 0.5) is 5.69 Å². The van der Waals surface area contributed by atoms with Crippen molar-refractivity contribution in [1.29, 1.82) is 0 Å². The number of halogens is 1. The van der Waals surface area contributed by atoms with Crippen LogP contribution in [-0.4, -0.2) is 12.0 Å². The fourth-order valence-corrected chi connectivity index (χ4v) is 2.30. The van der Waals surface area contributed by atoms with Crippen LogP contribution in [0.25, 0.3) is 0 Å². The highest BCUT2D eigenvalue weighted by atomic mass is 79.9. The second kappa shape index (κ2) is 7.19. The fourth-order valence-electron chi connectivity index (χ4n) is 1.89. The highest BCUT2D eigenvalue weighted by molar-refractivity contribution is 9.10. The quantitative estimate of drug-likeness (QED) is 0.637.